The van der Waals surface area contributed by atoms with Gasteiger partial charge in [0.1, 0.15) is 16.7 Å². The minimum absolute atomic E-state index is 0.0165. The van der Waals surface area contributed by atoms with Crippen LogP contribution in [0.1, 0.15) is 12.5 Å². The molecule has 2 rings (SSSR count). The van der Waals surface area contributed by atoms with Crippen molar-refractivity contribution in [2.45, 2.75) is 17.9 Å². The fourth-order valence-electron chi connectivity index (χ4n) is 2.33. The van der Waals surface area contributed by atoms with Crippen molar-refractivity contribution in [1.82, 2.24) is 4.31 Å². The summed E-state index contributed by atoms with van der Waals surface area (Å²) in [5, 5.41) is 8.63. The van der Waals surface area contributed by atoms with E-state index in [0.29, 0.717) is 18.8 Å². The van der Waals surface area contributed by atoms with Crippen molar-refractivity contribution in [3.8, 4) is 11.8 Å². The zero-order valence-electron chi connectivity index (χ0n) is 14.5. The molecule has 1 atom stereocenters. The van der Waals surface area contributed by atoms with E-state index in [0.717, 1.165) is 6.08 Å². The summed E-state index contributed by atoms with van der Waals surface area (Å²) in [4.78, 5) is 11.6. The van der Waals surface area contributed by atoms with Gasteiger partial charge in [-0.25, -0.2) is 13.2 Å². The number of morpholine rings is 1. The standard InChI is InChI=1S/C17H20N2O6S/c1-13(12-18)25-17(20)6-4-14-3-5-15(23-2)16(11-14)26(21,22)19-7-9-24-10-8-19/h3-6,11,13H,7-10H2,1-2H3/b6-4+/t13-/m1/s1. The van der Waals surface area contributed by atoms with E-state index in [-0.39, 0.29) is 23.7 Å². The second kappa shape index (κ2) is 8.80. The third-order valence-electron chi connectivity index (χ3n) is 3.66. The highest BCUT2D eigenvalue weighted by Crippen LogP contribution is 2.28. The number of carbonyl (C=O) groups excluding carboxylic acids is 1. The number of hydrogen-bond acceptors (Lipinski definition) is 7. The molecule has 140 valence electrons. The number of rotatable bonds is 6. The van der Waals surface area contributed by atoms with Gasteiger partial charge in [-0.2, -0.15) is 9.57 Å². The zero-order chi connectivity index (χ0) is 19.2. The minimum Gasteiger partial charge on any atom is -0.495 e. The van der Waals surface area contributed by atoms with Crippen molar-refractivity contribution in [2.75, 3.05) is 33.4 Å². The molecule has 0 saturated carbocycles. The SMILES string of the molecule is COc1ccc(/C=C/C(=O)O[C@H](C)C#N)cc1S(=O)(=O)N1CCOCC1. The van der Waals surface area contributed by atoms with Crippen LogP contribution in [0.15, 0.2) is 29.2 Å². The van der Waals surface area contributed by atoms with Crippen molar-refractivity contribution >= 4 is 22.1 Å². The summed E-state index contributed by atoms with van der Waals surface area (Å²) in [5.41, 5.74) is 0.485. The van der Waals surface area contributed by atoms with Crippen LogP contribution >= 0.6 is 0 Å². The summed E-state index contributed by atoms with van der Waals surface area (Å²) in [6.45, 7) is 2.66. The lowest BCUT2D eigenvalue weighted by Crippen LogP contribution is -2.40. The Morgan fingerprint density at radius 2 is 2.08 bits per heavy atom. The second-order valence-electron chi connectivity index (χ2n) is 5.47. The second-order valence-corrected chi connectivity index (χ2v) is 7.37. The summed E-state index contributed by atoms with van der Waals surface area (Å²) in [6, 6.07) is 6.36. The molecule has 0 amide bonds. The summed E-state index contributed by atoms with van der Waals surface area (Å²) in [7, 11) is -2.36. The molecule has 26 heavy (non-hydrogen) atoms. The van der Waals surface area contributed by atoms with E-state index in [4.69, 9.17) is 19.5 Å². The number of nitriles is 1. The van der Waals surface area contributed by atoms with Crippen LogP contribution in [0.4, 0.5) is 0 Å². The molecule has 1 aromatic rings. The van der Waals surface area contributed by atoms with Crippen LogP contribution in [0.3, 0.4) is 0 Å². The minimum atomic E-state index is -3.75. The molecule has 1 fully saturated rings. The van der Waals surface area contributed by atoms with Crippen molar-refractivity contribution in [3.63, 3.8) is 0 Å². The molecular formula is C17H20N2O6S. The van der Waals surface area contributed by atoms with Gasteiger partial charge in [-0.1, -0.05) is 6.07 Å². The molecule has 0 spiro atoms. The zero-order valence-corrected chi connectivity index (χ0v) is 15.4. The van der Waals surface area contributed by atoms with Crippen LogP contribution in [0.2, 0.25) is 0 Å². The summed E-state index contributed by atoms with van der Waals surface area (Å²) in [5.74, 6) is -0.471. The Balaban J connectivity index is 2.28. The number of hydrogen-bond donors (Lipinski definition) is 0. The van der Waals surface area contributed by atoms with E-state index in [1.54, 1.807) is 12.1 Å². The first-order valence-electron chi connectivity index (χ1n) is 7.92. The van der Waals surface area contributed by atoms with Crippen LogP contribution in [0.5, 0.6) is 5.75 Å². The third kappa shape index (κ3) is 4.82. The number of benzene rings is 1. The molecule has 0 bridgehead atoms. The van der Waals surface area contributed by atoms with E-state index in [9.17, 15) is 13.2 Å². The number of carbonyl (C=O) groups is 1. The molecule has 9 heteroatoms. The maximum Gasteiger partial charge on any atom is 0.332 e. The van der Waals surface area contributed by atoms with Gasteiger partial charge in [-0.15, -0.1) is 0 Å². The smallest absolute Gasteiger partial charge is 0.332 e. The van der Waals surface area contributed by atoms with Crippen molar-refractivity contribution in [3.05, 3.63) is 29.8 Å². The predicted molar refractivity (Wildman–Crippen MR) is 92.8 cm³/mol. The highest BCUT2D eigenvalue weighted by Gasteiger charge is 2.29. The van der Waals surface area contributed by atoms with Gasteiger partial charge in [0.2, 0.25) is 10.0 Å². The van der Waals surface area contributed by atoms with Crippen LogP contribution in [-0.2, 0) is 24.3 Å². The van der Waals surface area contributed by atoms with Crippen molar-refractivity contribution in [1.29, 1.82) is 5.26 Å². The monoisotopic (exact) mass is 380 g/mol. The molecule has 1 saturated heterocycles. The number of ether oxygens (including phenoxy) is 3. The number of esters is 1. The normalized spacial score (nSPS) is 16.8. The molecule has 1 aromatic carbocycles. The van der Waals surface area contributed by atoms with Crippen LogP contribution in [0.25, 0.3) is 6.08 Å². The Kier molecular flexibility index (Phi) is 6.74. The lowest BCUT2D eigenvalue weighted by molar-refractivity contribution is -0.139. The Bertz CT molecular complexity index is 822. The molecule has 1 aliphatic heterocycles. The number of nitrogens with zero attached hydrogens (tertiary/aromatic N) is 2. The maximum absolute atomic E-state index is 12.9. The van der Waals surface area contributed by atoms with Crippen molar-refractivity contribution in [2.24, 2.45) is 0 Å². The van der Waals surface area contributed by atoms with Gasteiger partial charge in [0.15, 0.2) is 6.10 Å². The molecule has 1 heterocycles. The first kappa shape index (κ1) is 19.9. The highest BCUT2D eigenvalue weighted by atomic mass is 32.2. The number of methoxy groups -OCH3 is 1. The average Bonchev–Trinajstić information content (AvgIpc) is 2.66. The van der Waals surface area contributed by atoms with Crippen LogP contribution < -0.4 is 4.74 Å². The van der Waals surface area contributed by atoms with Crippen LogP contribution in [0, 0.1) is 11.3 Å². The van der Waals surface area contributed by atoms with Gasteiger partial charge in [-0.3, -0.25) is 0 Å². The van der Waals surface area contributed by atoms with E-state index < -0.39 is 22.1 Å². The summed E-state index contributed by atoms with van der Waals surface area (Å²) < 4.78 is 42.3. The summed E-state index contributed by atoms with van der Waals surface area (Å²) in [6.07, 6.45) is 1.70. The Morgan fingerprint density at radius 1 is 1.38 bits per heavy atom. The molecule has 1 aliphatic rings. The lowest BCUT2D eigenvalue weighted by atomic mass is 10.2. The largest absolute Gasteiger partial charge is 0.495 e. The van der Waals surface area contributed by atoms with Gasteiger partial charge < -0.3 is 14.2 Å². The fraction of sp³-hybridized carbons (Fsp3) is 0.412. The van der Waals surface area contributed by atoms with Crippen molar-refractivity contribution < 1.29 is 27.4 Å². The van der Waals surface area contributed by atoms with Gasteiger partial charge in [0.05, 0.1) is 20.3 Å². The highest BCUT2D eigenvalue weighted by molar-refractivity contribution is 7.89. The first-order valence-corrected chi connectivity index (χ1v) is 9.36. The van der Waals surface area contributed by atoms with Gasteiger partial charge >= 0.3 is 5.97 Å². The maximum atomic E-state index is 12.9. The Labute approximate surface area is 152 Å². The first-order chi connectivity index (χ1) is 12.4. The van der Waals surface area contributed by atoms with E-state index >= 15 is 0 Å². The molecular weight excluding hydrogens is 360 g/mol. The summed E-state index contributed by atoms with van der Waals surface area (Å²) >= 11 is 0. The molecule has 0 unspecified atom stereocenters. The molecule has 0 radical (unpaired) electrons. The van der Waals surface area contributed by atoms with Crippen LogP contribution in [-0.4, -0.2) is 58.2 Å². The van der Waals surface area contributed by atoms with E-state index in [2.05, 4.69) is 0 Å². The lowest BCUT2D eigenvalue weighted by Gasteiger charge is -2.26. The average molecular weight is 380 g/mol. The quantitative estimate of drug-likeness (QED) is 0.539. The van der Waals surface area contributed by atoms with Gasteiger partial charge in [0, 0.05) is 19.2 Å². The molecule has 0 N–H and O–H groups in total. The van der Waals surface area contributed by atoms with E-state index in [1.807, 2.05) is 0 Å². The predicted octanol–water partition coefficient (Wildman–Crippen LogP) is 1.18. The topological polar surface area (TPSA) is 106 Å². The Hall–Kier alpha value is -2.41. The molecule has 0 aliphatic carbocycles. The molecule has 8 nitrogen and oxygen atoms in total. The molecule has 0 aromatic heterocycles. The van der Waals surface area contributed by atoms with Gasteiger partial charge in [0.25, 0.3) is 0 Å². The number of sulfonamides is 1. The van der Waals surface area contributed by atoms with E-state index in [1.165, 1.54) is 36.5 Å². The Morgan fingerprint density at radius 3 is 2.69 bits per heavy atom. The third-order valence-corrected chi connectivity index (χ3v) is 5.58. The van der Waals surface area contributed by atoms with Gasteiger partial charge in [-0.05, 0) is 30.7 Å². The fourth-order valence-corrected chi connectivity index (χ4v) is 3.93.